The van der Waals surface area contributed by atoms with E-state index in [1.54, 1.807) is 0 Å². The van der Waals surface area contributed by atoms with Crippen molar-refractivity contribution in [1.29, 1.82) is 0 Å². The van der Waals surface area contributed by atoms with Gasteiger partial charge in [-0.25, -0.2) is 0 Å². The van der Waals surface area contributed by atoms with E-state index in [0.717, 1.165) is 5.11 Å². The maximum atomic E-state index is 5.07. The van der Waals surface area contributed by atoms with Crippen molar-refractivity contribution in [2.24, 2.45) is 0 Å². The average Bonchev–Trinajstić information content (AvgIpc) is 2.07. The van der Waals surface area contributed by atoms with Crippen molar-refractivity contribution in [2.45, 2.75) is 10.7 Å². The van der Waals surface area contributed by atoms with Crippen LogP contribution >= 0.6 is 37.5 Å². The van der Waals surface area contributed by atoms with E-state index in [0.29, 0.717) is 0 Å². The summed E-state index contributed by atoms with van der Waals surface area (Å²) < 4.78 is 0. The maximum Gasteiger partial charge on any atom is 0.173 e. The molecule has 1 aliphatic rings. The first-order valence-electron chi connectivity index (χ1n) is 2.91. The molecule has 0 radical (unpaired) electrons. The SMILES string of the molecule is CN1C(=S)N(C)C(S)C1S. The van der Waals surface area contributed by atoms with Crippen LogP contribution in [-0.2, 0) is 0 Å². The van der Waals surface area contributed by atoms with E-state index >= 15 is 0 Å². The van der Waals surface area contributed by atoms with Crippen LogP contribution in [0, 0.1) is 0 Å². The number of hydrogen-bond acceptors (Lipinski definition) is 3. The number of rotatable bonds is 0. The minimum absolute atomic E-state index is 0.112. The number of nitrogens with zero attached hydrogens (tertiary/aromatic N) is 2. The van der Waals surface area contributed by atoms with Crippen LogP contribution < -0.4 is 0 Å². The zero-order chi connectivity index (χ0) is 7.89. The molecule has 0 aromatic carbocycles. The summed E-state index contributed by atoms with van der Waals surface area (Å²) in [6.45, 7) is 0. The van der Waals surface area contributed by atoms with Crippen LogP contribution in [0.2, 0.25) is 0 Å². The standard InChI is InChI=1S/C5H10N2S3/c1-6-3(8)4(9)7(2)5(6)10/h3-4,8-9H,1-2H3. The van der Waals surface area contributed by atoms with E-state index in [1.807, 2.05) is 23.9 Å². The van der Waals surface area contributed by atoms with E-state index in [9.17, 15) is 0 Å². The molecule has 1 heterocycles. The van der Waals surface area contributed by atoms with Crippen LogP contribution in [0.25, 0.3) is 0 Å². The number of hydrogen-bond donors (Lipinski definition) is 2. The van der Waals surface area contributed by atoms with Crippen molar-refractivity contribution < 1.29 is 0 Å². The van der Waals surface area contributed by atoms with Gasteiger partial charge < -0.3 is 9.80 Å². The fourth-order valence-corrected chi connectivity index (χ4v) is 1.88. The monoisotopic (exact) mass is 194 g/mol. The Morgan fingerprint density at radius 1 is 1.20 bits per heavy atom. The summed E-state index contributed by atoms with van der Waals surface area (Å²) in [6, 6.07) is 0. The third kappa shape index (κ3) is 1.10. The van der Waals surface area contributed by atoms with Gasteiger partial charge in [0.05, 0.1) is 0 Å². The van der Waals surface area contributed by atoms with Crippen molar-refractivity contribution in [2.75, 3.05) is 14.1 Å². The predicted molar refractivity (Wildman–Crippen MR) is 53.7 cm³/mol. The van der Waals surface area contributed by atoms with Gasteiger partial charge in [-0.1, -0.05) is 0 Å². The summed E-state index contributed by atoms with van der Waals surface area (Å²) >= 11 is 13.7. The van der Waals surface area contributed by atoms with Crippen LogP contribution in [0.3, 0.4) is 0 Å². The molecule has 0 spiro atoms. The van der Waals surface area contributed by atoms with Gasteiger partial charge in [0, 0.05) is 14.1 Å². The molecule has 0 N–H and O–H groups in total. The van der Waals surface area contributed by atoms with Crippen molar-refractivity contribution in [3.63, 3.8) is 0 Å². The number of likely N-dealkylation sites (N-methyl/N-ethyl adjacent to an activating group) is 2. The summed E-state index contributed by atoms with van der Waals surface area (Å²) in [5, 5.41) is 1.03. The molecular formula is C5H10N2S3. The summed E-state index contributed by atoms with van der Waals surface area (Å²) in [4.78, 5) is 3.85. The fraction of sp³-hybridized carbons (Fsp3) is 0.800. The lowest BCUT2D eigenvalue weighted by molar-refractivity contribution is 0.490. The van der Waals surface area contributed by atoms with Crippen molar-refractivity contribution in [3.05, 3.63) is 0 Å². The molecule has 58 valence electrons. The summed E-state index contributed by atoms with van der Waals surface area (Å²) in [5.41, 5.74) is 0. The molecule has 5 heteroatoms. The van der Waals surface area contributed by atoms with E-state index in [1.165, 1.54) is 0 Å². The topological polar surface area (TPSA) is 6.48 Å². The molecule has 0 amide bonds. The number of thiol groups is 2. The Labute approximate surface area is 77.4 Å². The van der Waals surface area contributed by atoms with Crippen LogP contribution in [0.5, 0.6) is 0 Å². The number of thiocarbonyl (C=S) groups is 1. The molecular weight excluding hydrogens is 184 g/mol. The maximum absolute atomic E-state index is 5.07. The normalized spacial score (nSPS) is 33.8. The minimum Gasteiger partial charge on any atom is -0.337 e. The predicted octanol–water partition coefficient (Wildman–Crippen LogP) is 0.660. The molecule has 0 aromatic heterocycles. The summed E-state index contributed by atoms with van der Waals surface area (Å²) in [7, 11) is 3.85. The lowest BCUT2D eigenvalue weighted by Gasteiger charge is -2.14. The van der Waals surface area contributed by atoms with Crippen LogP contribution in [0.4, 0.5) is 0 Å². The minimum atomic E-state index is 0.112. The smallest absolute Gasteiger partial charge is 0.173 e. The zero-order valence-electron chi connectivity index (χ0n) is 5.85. The highest BCUT2D eigenvalue weighted by Crippen LogP contribution is 2.24. The molecule has 2 unspecified atom stereocenters. The van der Waals surface area contributed by atoms with Crippen molar-refractivity contribution >= 4 is 42.6 Å². The van der Waals surface area contributed by atoms with Crippen LogP contribution in [-0.4, -0.2) is 39.8 Å². The second-order valence-electron chi connectivity index (χ2n) is 2.33. The highest BCUT2D eigenvalue weighted by Gasteiger charge is 2.34. The van der Waals surface area contributed by atoms with E-state index in [2.05, 4.69) is 25.3 Å². The second kappa shape index (κ2) is 2.79. The van der Waals surface area contributed by atoms with Gasteiger partial charge in [0.25, 0.3) is 0 Å². The van der Waals surface area contributed by atoms with Gasteiger partial charge in [0.15, 0.2) is 5.11 Å². The van der Waals surface area contributed by atoms with Gasteiger partial charge in [-0.05, 0) is 12.2 Å². The molecule has 0 aromatic rings. The molecule has 0 saturated carbocycles. The first kappa shape index (κ1) is 8.49. The second-order valence-corrected chi connectivity index (χ2v) is 3.75. The first-order valence-corrected chi connectivity index (χ1v) is 4.35. The Hall–Kier alpha value is 0.390. The van der Waals surface area contributed by atoms with Gasteiger partial charge >= 0.3 is 0 Å². The Bertz CT molecular complexity index is 145. The molecule has 2 atom stereocenters. The molecule has 0 aliphatic carbocycles. The molecule has 1 aliphatic heterocycles. The zero-order valence-corrected chi connectivity index (χ0v) is 8.46. The van der Waals surface area contributed by atoms with E-state index in [-0.39, 0.29) is 10.7 Å². The third-order valence-corrected chi connectivity index (χ3v) is 3.73. The van der Waals surface area contributed by atoms with Crippen molar-refractivity contribution in [1.82, 2.24) is 9.80 Å². The Morgan fingerprint density at radius 2 is 1.50 bits per heavy atom. The lowest BCUT2D eigenvalue weighted by atomic mass is 10.6. The van der Waals surface area contributed by atoms with Crippen LogP contribution in [0.1, 0.15) is 0 Å². The van der Waals surface area contributed by atoms with Crippen LogP contribution in [0.15, 0.2) is 0 Å². The van der Waals surface area contributed by atoms with E-state index < -0.39 is 0 Å². The quantitative estimate of drug-likeness (QED) is 0.432. The summed E-state index contributed by atoms with van der Waals surface area (Å²) in [5.74, 6) is 0. The molecule has 2 nitrogen and oxygen atoms in total. The van der Waals surface area contributed by atoms with Gasteiger partial charge in [0.2, 0.25) is 0 Å². The Balaban J connectivity index is 2.78. The Morgan fingerprint density at radius 3 is 1.60 bits per heavy atom. The van der Waals surface area contributed by atoms with Gasteiger partial charge in [-0.3, -0.25) is 0 Å². The molecule has 1 saturated heterocycles. The van der Waals surface area contributed by atoms with Gasteiger partial charge in [-0.2, -0.15) is 25.3 Å². The highest BCUT2D eigenvalue weighted by molar-refractivity contribution is 7.85. The molecule has 0 bridgehead atoms. The average molecular weight is 194 g/mol. The largest absolute Gasteiger partial charge is 0.337 e. The highest BCUT2D eigenvalue weighted by atomic mass is 32.1. The fourth-order valence-electron chi connectivity index (χ4n) is 0.875. The van der Waals surface area contributed by atoms with Gasteiger partial charge in [-0.15, -0.1) is 0 Å². The summed E-state index contributed by atoms with van der Waals surface area (Å²) in [6.07, 6.45) is 0. The van der Waals surface area contributed by atoms with Crippen molar-refractivity contribution in [3.8, 4) is 0 Å². The molecule has 10 heavy (non-hydrogen) atoms. The van der Waals surface area contributed by atoms with E-state index in [4.69, 9.17) is 12.2 Å². The van der Waals surface area contributed by atoms with Gasteiger partial charge in [0.1, 0.15) is 10.7 Å². The Kier molecular flexibility index (Phi) is 2.37. The lowest BCUT2D eigenvalue weighted by Crippen LogP contribution is -2.27. The first-order chi connectivity index (χ1) is 4.55. The third-order valence-electron chi connectivity index (χ3n) is 1.66. The molecule has 1 fully saturated rings. The molecule has 1 rings (SSSR count).